The molecule has 0 atom stereocenters. The summed E-state index contributed by atoms with van der Waals surface area (Å²) in [6.45, 7) is 1.87. The van der Waals surface area contributed by atoms with Crippen LogP contribution in [0.25, 0.3) is 12.2 Å². The zero-order valence-electron chi connectivity index (χ0n) is 13.9. The third kappa shape index (κ3) is 4.93. The van der Waals surface area contributed by atoms with Gasteiger partial charge in [-0.1, -0.05) is 30.0 Å². The van der Waals surface area contributed by atoms with Crippen LogP contribution in [0, 0.1) is 6.92 Å². The summed E-state index contributed by atoms with van der Waals surface area (Å²) < 4.78 is 5.43. The van der Waals surface area contributed by atoms with Gasteiger partial charge in [-0.15, -0.1) is 5.10 Å². The molecule has 0 saturated carbocycles. The third-order valence-corrected chi connectivity index (χ3v) is 4.12. The number of hydrogen-bond acceptors (Lipinski definition) is 6. The van der Waals surface area contributed by atoms with E-state index in [1.165, 1.54) is 0 Å². The van der Waals surface area contributed by atoms with Crippen molar-refractivity contribution in [1.29, 1.82) is 0 Å². The predicted octanol–water partition coefficient (Wildman–Crippen LogP) is 2.93. The first-order chi connectivity index (χ1) is 12.6. The number of thioether (sulfide) groups is 1. The number of aromatic amines is 1. The van der Waals surface area contributed by atoms with Crippen LogP contribution in [0.4, 0.5) is 0 Å². The summed E-state index contributed by atoms with van der Waals surface area (Å²) in [7, 11) is 0. The number of furan rings is 1. The van der Waals surface area contributed by atoms with E-state index in [0.717, 1.165) is 17.5 Å². The zero-order chi connectivity index (χ0) is 18.4. The van der Waals surface area contributed by atoms with E-state index in [9.17, 15) is 9.59 Å². The average molecular weight is 368 g/mol. The van der Waals surface area contributed by atoms with Crippen molar-refractivity contribution < 1.29 is 14.0 Å². The lowest BCUT2D eigenvalue weighted by atomic mass is 10.2. The van der Waals surface area contributed by atoms with Crippen molar-refractivity contribution in [2.75, 3.05) is 5.75 Å². The number of nitrogens with one attached hydrogen (secondary N) is 2. The molecule has 2 N–H and O–H groups in total. The highest BCUT2D eigenvalue weighted by Gasteiger charge is 2.11. The van der Waals surface area contributed by atoms with Crippen molar-refractivity contribution in [3.05, 3.63) is 65.4 Å². The molecule has 26 heavy (non-hydrogen) atoms. The molecule has 0 unspecified atom stereocenters. The molecule has 8 heteroatoms. The van der Waals surface area contributed by atoms with E-state index in [1.54, 1.807) is 42.5 Å². The molecular formula is C18H16N4O3S. The molecule has 132 valence electrons. The second-order valence-electron chi connectivity index (χ2n) is 5.32. The Morgan fingerprint density at radius 2 is 2.00 bits per heavy atom. The van der Waals surface area contributed by atoms with Crippen molar-refractivity contribution in [3.63, 3.8) is 0 Å². The number of aryl methyl sites for hydroxylation is 1. The Kier molecular flexibility index (Phi) is 5.65. The van der Waals surface area contributed by atoms with Gasteiger partial charge in [-0.25, -0.2) is 4.98 Å². The molecule has 2 heterocycles. The second kappa shape index (κ2) is 8.30. The lowest BCUT2D eigenvalue weighted by molar-refractivity contribution is -0.117. The fraction of sp³-hybridized carbons (Fsp3) is 0.111. The molecule has 2 amide bonds. The summed E-state index contributed by atoms with van der Waals surface area (Å²) in [5, 5.41) is 9.54. The second-order valence-corrected chi connectivity index (χ2v) is 6.26. The highest BCUT2D eigenvalue weighted by Crippen LogP contribution is 2.14. The zero-order valence-corrected chi connectivity index (χ0v) is 14.7. The SMILES string of the molecule is Cc1ccc(C=Cc2nc(SCC(=O)NC(=O)c3ccccc3)n[nH]2)o1. The van der Waals surface area contributed by atoms with Crippen LogP contribution in [-0.2, 0) is 4.79 Å². The van der Waals surface area contributed by atoms with Gasteiger partial charge in [-0.05, 0) is 43.3 Å². The highest BCUT2D eigenvalue weighted by atomic mass is 32.2. The van der Waals surface area contributed by atoms with E-state index in [4.69, 9.17) is 4.42 Å². The third-order valence-electron chi connectivity index (χ3n) is 3.27. The smallest absolute Gasteiger partial charge is 0.257 e. The summed E-state index contributed by atoms with van der Waals surface area (Å²) >= 11 is 1.14. The van der Waals surface area contributed by atoms with Gasteiger partial charge in [0.2, 0.25) is 11.1 Å². The van der Waals surface area contributed by atoms with Crippen LogP contribution >= 0.6 is 11.8 Å². The van der Waals surface area contributed by atoms with E-state index in [-0.39, 0.29) is 5.75 Å². The van der Waals surface area contributed by atoms with Crippen LogP contribution in [-0.4, -0.2) is 32.7 Å². The van der Waals surface area contributed by atoms with E-state index in [1.807, 2.05) is 19.1 Å². The Morgan fingerprint density at radius 1 is 1.19 bits per heavy atom. The summed E-state index contributed by atoms with van der Waals surface area (Å²) in [4.78, 5) is 28.0. The summed E-state index contributed by atoms with van der Waals surface area (Å²) in [6.07, 6.45) is 3.50. The molecule has 0 bridgehead atoms. The number of benzene rings is 1. The van der Waals surface area contributed by atoms with Gasteiger partial charge in [0.05, 0.1) is 5.75 Å². The molecule has 0 radical (unpaired) electrons. The molecule has 1 aromatic carbocycles. The first-order valence-corrected chi connectivity index (χ1v) is 8.77. The molecule has 3 rings (SSSR count). The molecule has 7 nitrogen and oxygen atoms in total. The van der Waals surface area contributed by atoms with Crippen molar-refractivity contribution in [2.24, 2.45) is 0 Å². The Labute approximate surface area is 153 Å². The quantitative estimate of drug-likeness (QED) is 0.649. The number of aromatic nitrogens is 3. The Morgan fingerprint density at radius 3 is 2.73 bits per heavy atom. The van der Waals surface area contributed by atoms with Crippen LogP contribution in [0.2, 0.25) is 0 Å². The van der Waals surface area contributed by atoms with Gasteiger partial charge < -0.3 is 4.42 Å². The fourth-order valence-corrected chi connectivity index (χ4v) is 2.66. The number of imide groups is 1. The minimum absolute atomic E-state index is 0.0387. The van der Waals surface area contributed by atoms with Crippen LogP contribution < -0.4 is 5.32 Å². The maximum Gasteiger partial charge on any atom is 0.257 e. The molecule has 3 aromatic rings. The van der Waals surface area contributed by atoms with E-state index >= 15 is 0 Å². The van der Waals surface area contributed by atoms with Crippen molar-refractivity contribution in [1.82, 2.24) is 20.5 Å². The normalized spacial score (nSPS) is 11.0. The van der Waals surface area contributed by atoms with Crippen LogP contribution in [0.5, 0.6) is 0 Å². The fourth-order valence-electron chi connectivity index (χ4n) is 2.06. The van der Waals surface area contributed by atoms with Gasteiger partial charge in [0.25, 0.3) is 5.91 Å². The van der Waals surface area contributed by atoms with Crippen molar-refractivity contribution >= 4 is 35.7 Å². The Hall–Kier alpha value is -3.13. The lowest BCUT2D eigenvalue weighted by Crippen LogP contribution is -2.31. The Balaban J connectivity index is 1.49. The van der Waals surface area contributed by atoms with Gasteiger partial charge in [0, 0.05) is 5.56 Å². The minimum atomic E-state index is -0.427. The maximum atomic E-state index is 11.9. The molecule has 0 aliphatic rings. The average Bonchev–Trinajstić information content (AvgIpc) is 3.27. The van der Waals surface area contributed by atoms with Gasteiger partial charge >= 0.3 is 0 Å². The first-order valence-electron chi connectivity index (χ1n) is 7.79. The largest absolute Gasteiger partial charge is 0.462 e. The van der Waals surface area contributed by atoms with Gasteiger partial charge in [-0.2, -0.15) is 0 Å². The predicted molar refractivity (Wildman–Crippen MR) is 98.4 cm³/mol. The highest BCUT2D eigenvalue weighted by molar-refractivity contribution is 7.99. The maximum absolute atomic E-state index is 11.9. The molecular weight excluding hydrogens is 352 g/mol. The van der Waals surface area contributed by atoms with Crippen molar-refractivity contribution in [3.8, 4) is 0 Å². The number of hydrogen-bond donors (Lipinski definition) is 2. The summed E-state index contributed by atoms with van der Waals surface area (Å²) in [5.74, 6) is 1.29. The number of carbonyl (C=O) groups is 2. The van der Waals surface area contributed by atoms with Gasteiger partial charge in [0.1, 0.15) is 17.3 Å². The van der Waals surface area contributed by atoms with E-state index in [0.29, 0.717) is 22.3 Å². The molecule has 2 aromatic heterocycles. The van der Waals surface area contributed by atoms with Crippen LogP contribution in [0.3, 0.4) is 0 Å². The van der Waals surface area contributed by atoms with Crippen molar-refractivity contribution in [2.45, 2.75) is 12.1 Å². The first kappa shape index (κ1) is 17.7. The summed E-state index contributed by atoms with van der Waals surface area (Å²) in [5.41, 5.74) is 0.435. The summed E-state index contributed by atoms with van der Waals surface area (Å²) in [6, 6.07) is 12.3. The van der Waals surface area contributed by atoms with E-state index < -0.39 is 11.8 Å². The number of carbonyl (C=O) groups excluding carboxylic acids is 2. The molecule has 0 saturated heterocycles. The van der Waals surface area contributed by atoms with Crippen LogP contribution in [0.1, 0.15) is 27.7 Å². The number of nitrogens with zero attached hydrogens (tertiary/aromatic N) is 2. The lowest BCUT2D eigenvalue weighted by Gasteiger charge is -2.02. The minimum Gasteiger partial charge on any atom is -0.462 e. The molecule has 0 aliphatic carbocycles. The standard InChI is InChI=1S/C18H16N4O3S/c1-12-7-8-14(25-12)9-10-15-19-18(22-21-15)26-11-16(23)20-17(24)13-5-3-2-4-6-13/h2-10H,11H2,1H3,(H,19,21,22)(H,20,23,24). The molecule has 0 aliphatic heterocycles. The van der Waals surface area contributed by atoms with Gasteiger partial charge in [0.15, 0.2) is 0 Å². The number of H-pyrrole nitrogens is 1. The van der Waals surface area contributed by atoms with Crippen LogP contribution in [0.15, 0.2) is 52.0 Å². The number of amides is 2. The van der Waals surface area contributed by atoms with Gasteiger partial charge in [-0.3, -0.25) is 20.0 Å². The topological polar surface area (TPSA) is 101 Å². The van der Waals surface area contributed by atoms with E-state index in [2.05, 4.69) is 20.5 Å². The monoisotopic (exact) mass is 368 g/mol. The molecule has 0 fully saturated rings. The number of rotatable bonds is 6. The Bertz CT molecular complexity index is 931. The molecule has 0 spiro atoms.